The molecule has 2 amide bonds. The van der Waals surface area contributed by atoms with Crippen molar-refractivity contribution in [1.82, 2.24) is 15.7 Å². The standard InChI is InChI=1S/C17H18ClF3N4O5/c1-8-23-24-14(29-8)22-13(26)9-5-6-11(17(19,20)21)10(12(9)18)7-28-25-15(27)30-16(2,3)4/h5-6H,7H2,1-4H3,(H,25,27)(H,22,24,26). The summed E-state index contributed by atoms with van der Waals surface area (Å²) in [6.45, 7) is 5.49. The lowest BCUT2D eigenvalue weighted by molar-refractivity contribution is -0.139. The molecule has 0 bridgehead atoms. The van der Waals surface area contributed by atoms with Crippen LogP contribution in [0.1, 0.15) is 48.1 Å². The number of aryl methyl sites for hydroxylation is 1. The summed E-state index contributed by atoms with van der Waals surface area (Å²) in [4.78, 5) is 28.8. The Morgan fingerprint density at radius 3 is 2.40 bits per heavy atom. The smallest absolute Gasteiger partial charge is 0.431 e. The van der Waals surface area contributed by atoms with Crippen molar-refractivity contribution in [3.8, 4) is 0 Å². The molecule has 13 heteroatoms. The van der Waals surface area contributed by atoms with Gasteiger partial charge in [-0.1, -0.05) is 16.7 Å². The Morgan fingerprint density at radius 1 is 1.20 bits per heavy atom. The van der Waals surface area contributed by atoms with Gasteiger partial charge >= 0.3 is 18.3 Å². The first kappa shape index (κ1) is 23.4. The zero-order chi connectivity index (χ0) is 22.7. The topological polar surface area (TPSA) is 116 Å². The summed E-state index contributed by atoms with van der Waals surface area (Å²) in [5.41, 5.74) is -0.967. The van der Waals surface area contributed by atoms with Crippen LogP contribution in [0.5, 0.6) is 0 Å². The molecule has 164 valence electrons. The SMILES string of the molecule is Cc1nnc(NC(=O)c2ccc(C(F)(F)F)c(CONC(=O)OC(C)(C)C)c2Cl)o1. The number of anilines is 1. The summed E-state index contributed by atoms with van der Waals surface area (Å²) in [6.07, 6.45) is -5.79. The molecule has 2 aromatic rings. The van der Waals surface area contributed by atoms with Crippen molar-refractivity contribution in [1.29, 1.82) is 0 Å². The first-order chi connectivity index (χ1) is 13.8. The van der Waals surface area contributed by atoms with Crippen LogP contribution < -0.4 is 10.8 Å². The minimum atomic E-state index is -4.78. The number of hydrogen-bond acceptors (Lipinski definition) is 7. The van der Waals surface area contributed by atoms with E-state index >= 15 is 0 Å². The van der Waals surface area contributed by atoms with Gasteiger partial charge in [0.05, 0.1) is 16.1 Å². The number of nitrogens with one attached hydrogen (secondary N) is 2. The van der Waals surface area contributed by atoms with Crippen LogP contribution in [0.4, 0.5) is 24.0 Å². The molecule has 0 fully saturated rings. The number of carbonyl (C=O) groups excluding carboxylic acids is 2. The second kappa shape index (κ2) is 8.88. The molecule has 0 unspecified atom stereocenters. The predicted octanol–water partition coefficient (Wildman–Crippen LogP) is 4.26. The average Bonchev–Trinajstić information content (AvgIpc) is 2.98. The number of aromatic nitrogens is 2. The van der Waals surface area contributed by atoms with Crippen LogP contribution in [-0.2, 0) is 22.4 Å². The van der Waals surface area contributed by atoms with E-state index in [9.17, 15) is 22.8 Å². The van der Waals surface area contributed by atoms with Gasteiger partial charge < -0.3 is 9.15 Å². The number of nitrogens with zero attached hydrogens (tertiary/aromatic N) is 2. The molecular formula is C17H18ClF3N4O5. The van der Waals surface area contributed by atoms with Crippen molar-refractivity contribution in [3.63, 3.8) is 0 Å². The molecule has 2 rings (SSSR count). The van der Waals surface area contributed by atoms with Gasteiger partial charge in [0.2, 0.25) is 5.89 Å². The van der Waals surface area contributed by atoms with Crippen molar-refractivity contribution >= 4 is 29.6 Å². The normalized spacial score (nSPS) is 11.9. The van der Waals surface area contributed by atoms with E-state index in [1.54, 1.807) is 20.8 Å². The van der Waals surface area contributed by atoms with E-state index in [4.69, 9.17) is 25.6 Å². The molecule has 0 aliphatic carbocycles. The van der Waals surface area contributed by atoms with Gasteiger partial charge in [-0.2, -0.15) is 18.7 Å². The van der Waals surface area contributed by atoms with Crippen LogP contribution in [0.2, 0.25) is 5.02 Å². The zero-order valence-corrected chi connectivity index (χ0v) is 17.1. The third kappa shape index (κ3) is 6.32. The third-order valence-corrected chi connectivity index (χ3v) is 3.74. The van der Waals surface area contributed by atoms with Crippen molar-refractivity contribution in [2.75, 3.05) is 5.32 Å². The highest BCUT2D eigenvalue weighted by atomic mass is 35.5. The number of hydrogen-bond donors (Lipinski definition) is 2. The highest BCUT2D eigenvalue weighted by molar-refractivity contribution is 6.35. The van der Waals surface area contributed by atoms with Gasteiger partial charge in [0.25, 0.3) is 5.91 Å². The van der Waals surface area contributed by atoms with Gasteiger partial charge in [-0.15, -0.1) is 5.10 Å². The van der Waals surface area contributed by atoms with Gasteiger partial charge in [-0.05, 0) is 32.9 Å². The van der Waals surface area contributed by atoms with Crippen LogP contribution in [0.3, 0.4) is 0 Å². The minimum absolute atomic E-state index is 0.172. The van der Waals surface area contributed by atoms with E-state index in [0.29, 0.717) is 6.07 Å². The molecule has 30 heavy (non-hydrogen) atoms. The van der Waals surface area contributed by atoms with Crippen molar-refractivity contribution < 1.29 is 36.8 Å². The van der Waals surface area contributed by atoms with Gasteiger partial charge in [0.1, 0.15) is 12.2 Å². The van der Waals surface area contributed by atoms with Crippen LogP contribution in [-0.4, -0.2) is 27.8 Å². The fraction of sp³-hybridized carbons (Fsp3) is 0.412. The molecule has 0 saturated heterocycles. The fourth-order valence-corrected chi connectivity index (χ4v) is 2.49. The Bertz CT molecular complexity index is 940. The summed E-state index contributed by atoms with van der Waals surface area (Å²) < 4.78 is 50.0. The number of benzene rings is 1. The molecule has 0 spiro atoms. The summed E-state index contributed by atoms with van der Waals surface area (Å²) in [5.74, 6) is -0.704. The van der Waals surface area contributed by atoms with E-state index in [-0.39, 0.29) is 17.5 Å². The molecule has 0 radical (unpaired) electrons. The molecule has 1 heterocycles. The maximum absolute atomic E-state index is 13.4. The fourth-order valence-electron chi connectivity index (χ4n) is 2.18. The van der Waals surface area contributed by atoms with Crippen LogP contribution in [0.25, 0.3) is 0 Å². The predicted molar refractivity (Wildman–Crippen MR) is 97.6 cm³/mol. The monoisotopic (exact) mass is 450 g/mol. The van der Waals surface area contributed by atoms with Crippen LogP contribution >= 0.6 is 11.6 Å². The maximum Gasteiger partial charge on any atom is 0.431 e. The molecule has 0 atom stereocenters. The number of halogens is 4. The highest BCUT2D eigenvalue weighted by Crippen LogP contribution is 2.37. The number of ether oxygens (including phenoxy) is 1. The highest BCUT2D eigenvalue weighted by Gasteiger charge is 2.35. The van der Waals surface area contributed by atoms with E-state index in [1.807, 2.05) is 5.48 Å². The molecule has 0 aliphatic rings. The Morgan fingerprint density at radius 2 is 1.87 bits per heavy atom. The quantitative estimate of drug-likeness (QED) is 0.654. The van der Waals surface area contributed by atoms with Crippen molar-refractivity contribution in [3.05, 3.63) is 39.7 Å². The minimum Gasteiger partial charge on any atom is -0.442 e. The molecule has 0 aliphatic heterocycles. The largest absolute Gasteiger partial charge is 0.442 e. The van der Waals surface area contributed by atoms with Gasteiger partial charge in [-0.3, -0.25) is 14.9 Å². The van der Waals surface area contributed by atoms with Gasteiger partial charge in [0, 0.05) is 12.5 Å². The first-order valence-electron chi connectivity index (χ1n) is 8.38. The number of alkyl halides is 3. The van der Waals surface area contributed by atoms with Crippen molar-refractivity contribution in [2.45, 2.75) is 46.1 Å². The van der Waals surface area contributed by atoms with Crippen LogP contribution in [0.15, 0.2) is 16.5 Å². The number of carbonyl (C=O) groups is 2. The van der Waals surface area contributed by atoms with E-state index in [0.717, 1.165) is 6.07 Å². The summed E-state index contributed by atoms with van der Waals surface area (Å²) in [7, 11) is 0. The molecular weight excluding hydrogens is 433 g/mol. The van der Waals surface area contributed by atoms with Gasteiger partial charge in [0.15, 0.2) is 0 Å². The number of amides is 2. The molecule has 1 aromatic heterocycles. The average molecular weight is 451 g/mol. The number of rotatable bonds is 5. The molecule has 9 nitrogen and oxygen atoms in total. The Balaban J connectivity index is 2.24. The second-order valence-electron chi connectivity index (χ2n) is 6.92. The van der Waals surface area contributed by atoms with E-state index in [1.165, 1.54) is 6.92 Å². The number of hydroxylamine groups is 1. The Labute approximate surface area is 173 Å². The molecule has 0 saturated carbocycles. The lowest BCUT2D eigenvalue weighted by Gasteiger charge is -2.20. The summed E-state index contributed by atoms with van der Waals surface area (Å²) in [5, 5.41) is 8.78. The van der Waals surface area contributed by atoms with Gasteiger partial charge in [-0.25, -0.2) is 4.79 Å². The zero-order valence-electron chi connectivity index (χ0n) is 16.3. The van der Waals surface area contributed by atoms with E-state index in [2.05, 4.69) is 15.5 Å². The molecule has 1 aromatic carbocycles. The van der Waals surface area contributed by atoms with Crippen molar-refractivity contribution in [2.24, 2.45) is 0 Å². The second-order valence-corrected chi connectivity index (χ2v) is 7.30. The summed E-state index contributed by atoms with van der Waals surface area (Å²) >= 11 is 6.06. The lowest BCUT2D eigenvalue weighted by Crippen LogP contribution is -2.32. The summed E-state index contributed by atoms with van der Waals surface area (Å²) in [6, 6.07) is 1.32. The Hall–Kier alpha value is -2.86. The maximum atomic E-state index is 13.4. The first-order valence-corrected chi connectivity index (χ1v) is 8.76. The van der Waals surface area contributed by atoms with Crippen LogP contribution in [0, 0.1) is 6.92 Å². The lowest BCUT2D eigenvalue weighted by atomic mass is 10.0. The van der Waals surface area contributed by atoms with E-state index < -0.39 is 46.5 Å². The molecule has 2 N–H and O–H groups in total. The third-order valence-electron chi connectivity index (χ3n) is 3.31. The Kier molecular flexibility index (Phi) is 6.93.